The molecule has 0 fully saturated rings. The maximum absolute atomic E-state index is 12.4. The van der Waals surface area contributed by atoms with Gasteiger partial charge < -0.3 is 5.32 Å². The van der Waals surface area contributed by atoms with Crippen LogP contribution in [0.1, 0.15) is 51.3 Å². The Morgan fingerprint density at radius 3 is 2.45 bits per heavy atom. The van der Waals surface area contributed by atoms with Crippen LogP contribution in [0.3, 0.4) is 0 Å². The summed E-state index contributed by atoms with van der Waals surface area (Å²) < 4.78 is 27.5. The zero-order chi connectivity index (χ0) is 15.2. The molecule has 20 heavy (non-hydrogen) atoms. The number of aromatic amines is 1. The Bertz CT molecular complexity index is 506. The highest BCUT2D eigenvalue weighted by Gasteiger charge is 2.25. The molecule has 0 atom stereocenters. The number of nitrogens with zero attached hydrogens (tertiary/aromatic N) is 1. The molecule has 116 valence electrons. The van der Waals surface area contributed by atoms with Crippen LogP contribution in [0.25, 0.3) is 0 Å². The van der Waals surface area contributed by atoms with Crippen molar-refractivity contribution in [3.05, 3.63) is 11.3 Å². The first-order chi connectivity index (χ1) is 9.46. The SMILES string of the molecule is CCCNCc1c(S(=O)(=O)NC(CC)CC)n[nH]c1C. The summed E-state index contributed by atoms with van der Waals surface area (Å²) in [7, 11) is -3.56. The lowest BCUT2D eigenvalue weighted by Gasteiger charge is -2.14. The molecule has 6 nitrogen and oxygen atoms in total. The van der Waals surface area contributed by atoms with Crippen LogP contribution in [0.5, 0.6) is 0 Å². The van der Waals surface area contributed by atoms with Gasteiger partial charge in [-0.25, -0.2) is 13.1 Å². The Kier molecular flexibility index (Phi) is 6.64. The van der Waals surface area contributed by atoms with Crippen molar-refractivity contribution < 1.29 is 8.42 Å². The molecular weight excluding hydrogens is 276 g/mol. The summed E-state index contributed by atoms with van der Waals surface area (Å²) in [6.07, 6.45) is 2.54. The van der Waals surface area contributed by atoms with Gasteiger partial charge in [0.05, 0.1) is 0 Å². The molecule has 0 radical (unpaired) electrons. The summed E-state index contributed by atoms with van der Waals surface area (Å²) in [4.78, 5) is 0. The third-order valence-electron chi connectivity index (χ3n) is 3.33. The van der Waals surface area contributed by atoms with E-state index in [1.54, 1.807) is 0 Å². The number of hydrogen-bond donors (Lipinski definition) is 3. The summed E-state index contributed by atoms with van der Waals surface area (Å²) in [6.45, 7) is 9.21. The molecule has 0 saturated carbocycles. The summed E-state index contributed by atoms with van der Waals surface area (Å²) in [5, 5.41) is 10.1. The lowest BCUT2D eigenvalue weighted by molar-refractivity contribution is 0.525. The number of nitrogens with one attached hydrogen (secondary N) is 3. The number of aryl methyl sites for hydroxylation is 1. The van der Waals surface area contributed by atoms with E-state index in [-0.39, 0.29) is 11.1 Å². The smallest absolute Gasteiger partial charge is 0.260 e. The minimum atomic E-state index is -3.56. The van der Waals surface area contributed by atoms with E-state index in [9.17, 15) is 8.42 Å². The summed E-state index contributed by atoms with van der Waals surface area (Å²) in [5.41, 5.74) is 1.51. The van der Waals surface area contributed by atoms with E-state index in [1.807, 2.05) is 20.8 Å². The third-order valence-corrected chi connectivity index (χ3v) is 4.82. The number of H-pyrrole nitrogens is 1. The number of sulfonamides is 1. The summed E-state index contributed by atoms with van der Waals surface area (Å²) in [6, 6.07) is -0.0477. The highest BCUT2D eigenvalue weighted by atomic mass is 32.2. The lowest BCUT2D eigenvalue weighted by Crippen LogP contribution is -2.34. The monoisotopic (exact) mass is 302 g/mol. The van der Waals surface area contributed by atoms with Crippen molar-refractivity contribution in [3.8, 4) is 0 Å². The van der Waals surface area contributed by atoms with Gasteiger partial charge in [-0.1, -0.05) is 20.8 Å². The van der Waals surface area contributed by atoms with Crippen LogP contribution in [0.2, 0.25) is 0 Å². The molecule has 7 heteroatoms. The molecule has 0 aliphatic carbocycles. The second-order valence-electron chi connectivity index (χ2n) is 4.94. The quantitative estimate of drug-likeness (QED) is 0.606. The molecule has 0 amide bonds. The molecule has 0 spiro atoms. The molecule has 0 aromatic carbocycles. The Morgan fingerprint density at radius 1 is 1.25 bits per heavy atom. The van der Waals surface area contributed by atoms with Crippen molar-refractivity contribution in [2.45, 2.75) is 64.6 Å². The van der Waals surface area contributed by atoms with Crippen LogP contribution in [0, 0.1) is 6.92 Å². The van der Waals surface area contributed by atoms with E-state index < -0.39 is 10.0 Å². The van der Waals surface area contributed by atoms with Crippen molar-refractivity contribution in [3.63, 3.8) is 0 Å². The first-order valence-corrected chi connectivity index (χ1v) is 8.71. The number of rotatable bonds is 9. The highest BCUT2D eigenvalue weighted by Crippen LogP contribution is 2.17. The molecule has 1 aromatic heterocycles. The molecular formula is C13H26N4O2S. The molecule has 0 unspecified atom stereocenters. The third kappa shape index (κ3) is 4.29. The summed E-state index contributed by atoms with van der Waals surface area (Å²) >= 11 is 0. The highest BCUT2D eigenvalue weighted by molar-refractivity contribution is 7.89. The molecule has 3 N–H and O–H groups in total. The number of aromatic nitrogens is 2. The fourth-order valence-corrected chi connectivity index (χ4v) is 3.58. The standard InChI is InChI=1S/C13H26N4O2S/c1-5-8-14-9-12-10(4)15-16-13(12)20(18,19)17-11(6-2)7-3/h11,14,17H,5-9H2,1-4H3,(H,15,16). The van der Waals surface area contributed by atoms with Gasteiger partial charge >= 0.3 is 0 Å². The molecule has 0 bridgehead atoms. The van der Waals surface area contributed by atoms with Crippen LogP contribution in [0.15, 0.2) is 5.03 Å². The van der Waals surface area contributed by atoms with Gasteiger partial charge in [-0.2, -0.15) is 5.10 Å². The predicted octanol–water partition coefficient (Wildman–Crippen LogP) is 1.68. The molecule has 1 heterocycles. The second kappa shape index (κ2) is 7.75. The van der Waals surface area contributed by atoms with Crippen molar-refractivity contribution >= 4 is 10.0 Å². The van der Waals surface area contributed by atoms with Crippen molar-refractivity contribution in [2.75, 3.05) is 6.54 Å². The minimum absolute atomic E-state index is 0.0477. The van der Waals surface area contributed by atoms with Crippen molar-refractivity contribution in [1.29, 1.82) is 0 Å². The van der Waals surface area contributed by atoms with Gasteiger partial charge in [0.1, 0.15) is 0 Å². The van der Waals surface area contributed by atoms with Crippen LogP contribution in [-0.4, -0.2) is 31.2 Å². The van der Waals surface area contributed by atoms with Gasteiger partial charge in [0.25, 0.3) is 10.0 Å². The largest absolute Gasteiger partial charge is 0.313 e. The Hall–Kier alpha value is -0.920. The average molecular weight is 302 g/mol. The maximum atomic E-state index is 12.4. The Labute approximate surface area is 121 Å². The molecule has 1 aromatic rings. The maximum Gasteiger partial charge on any atom is 0.260 e. The van der Waals surface area contributed by atoms with Gasteiger partial charge in [-0.3, -0.25) is 5.10 Å². The first kappa shape index (κ1) is 17.1. The summed E-state index contributed by atoms with van der Waals surface area (Å²) in [5.74, 6) is 0. The Morgan fingerprint density at radius 2 is 1.90 bits per heavy atom. The fourth-order valence-electron chi connectivity index (χ4n) is 1.98. The van der Waals surface area contributed by atoms with Gasteiger partial charge in [0.2, 0.25) is 0 Å². The van der Waals surface area contributed by atoms with E-state index in [1.165, 1.54) is 0 Å². The van der Waals surface area contributed by atoms with Gasteiger partial charge in [0, 0.05) is 23.8 Å². The van der Waals surface area contributed by atoms with Crippen LogP contribution >= 0.6 is 0 Å². The molecule has 0 aliphatic rings. The van der Waals surface area contributed by atoms with Crippen LogP contribution < -0.4 is 10.0 Å². The van der Waals surface area contributed by atoms with Crippen LogP contribution in [-0.2, 0) is 16.6 Å². The van der Waals surface area contributed by atoms with E-state index in [2.05, 4.69) is 27.2 Å². The molecule has 0 aliphatic heterocycles. The fraction of sp³-hybridized carbons (Fsp3) is 0.769. The van der Waals surface area contributed by atoms with E-state index in [0.29, 0.717) is 6.54 Å². The topological polar surface area (TPSA) is 86.9 Å². The normalized spacial score (nSPS) is 12.2. The zero-order valence-electron chi connectivity index (χ0n) is 12.8. The predicted molar refractivity (Wildman–Crippen MR) is 80.0 cm³/mol. The second-order valence-corrected chi connectivity index (χ2v) is 6.57. The minimum Gasteiger partial charge on any atom is -0.313 e. The molecule has 0 saturated heterocycles. The average Bonchev–Trinajstić information content (AvgIpc) is 2.79. The van der Waals surface area contributed by atoms with Gasteiger partial charge in [-0.05, 0) is 32.7 Å². The van der Waals surface area contributed by atoms with Gasteiger partial charge in [0.15, 0.2) is 5.03 Å². The van der Waals surface area contributed by atoms with Crippen LogP contribution in [0.4, 0.5) is 0 Å². The van der Waals surface area contributed by atoms with Gasteiger partial charge in [-0.15, -0.1) is 0 Å². The van der Waals surface area contributed by atoms with E-state index >= 15 is 0 Å². The number of hydrogen-bond acceptors (Lipinski definition) is 4. The first-order valence-electron chi connectivity index (χ1n) is 7.23. The zero-order valence-corrected chi connectivity index (χ0v) is 13.6. The van der Waals surface area contributed by atoms with E-state index in [4.69, 9.17) is 0 Å². The molecule has 1 rings (SSSR count). The Balaban J connectivity index is 2.94. The van der Waals surface area contributed by atoms with Crippen molar-refractivity contribution in [1.82, 2.24) is 20.2 Å². The lowest BCUT2D eigenvalue weighted by atomic mass is 10.2. The van der Waals surface area contributed by atoms with E-state index in [0.717, 1.165) is 37.1 Å². The van der Waals surface area contributed by atoms with Crippen molar-refractivity contribution in [2.24, 2.45) is 0 Å².